The van der Waals surface area contributed by atoms with Crippen molar-refractivity contribution in [3.63, 3.8) is 0 Å². The molecular weight excluding hydrogens is 248 g/mol. The molecule has 16 heavy (non-hydrogen) atoms. The summed E-state index contributed by atoms with van der Waals surface area (Å²) in [7, 11) is -0.906. The molecule has 0 saturated carbocycles. The van der Waals surface area contributed by atoms with Crippen molar-refractivity contribution in [1.29, 1.82) is 0 Å². The molecule has 0 radical (unpaired) electrons. The van der Waals surface area contributed by atoms with Crippen LogP contribution in [-0.4, -0.2) is 37.7 Å². The van der Waals surface area contributed by atoms with Crippen LogP contribution in [0.4, 0.5) is 5.00 Å². The molecule has 0 bridgehead atoms. The number of rotatable bonds is 5. The van der Waals surface area contributed by atoms with Gasteiger partial charge in [-0.1, -0.05) is 0 Å². The lowest BCUT2D eigenvalue weighted by atomic mass is 10.2. The molecule has 1 aromatic heterocycles. The molecule has 0 fully saturated rings. The van der Waals surface area contributed by atoms with Crippen LogP contribution in [0.15, 0.2) is 0 Å². The molecule has 0 spiro atoms. The van der Waals surface area contributed by atoms with Crippen molar-refractivity contribution < 1.29 is 14.1 Å². The molecule has 2 unspecified atom stereocenters. The summed E-state index contributed by atoms with van der Waals surface area (Å²) in [6, 6.07) is -0.0382. The second-order valence-electron chi connectivity index (χ2n) is 3.56. The van der Waals surface area contributed by atoms with Crippen molar-refractivity contribution in [2.75, 3.05) is 17.3 Å². The fraction of sp³-hybridized carbons (Fsp3) is 0.556. The van der Waals surface area contributed by atoms with E-state index < -0.39 is 16.8 Å². The number of nitrogens with one attached hydrogen (secondary N) is 1. The van der Waals surface area contributed by atoms with Gasteiger partial charge in [-0.3, -0.25) is 4.21 Å². The number of hydrogen-bond donors (Lipinski definition) is 2. The van der Waals surface area contributed by atoms with E-state index >= 15 is 0 Å². The van der Waals surface area contributed by atoms with Gasteiger partial charge in [-0.25, -0.2) is 4.79 Å². The highest BCUT2D eigenvalue weighted by Gasteiger charge is 2.18. The summed E-state index contributed by atoms with van der Waals surface area (Å²) in [4.78, 5) is 11.0. The minimum atomic E-state index is -0.987. The summed E-state index contributed by atoms with van der Waals surface area (Å²) in [6.45, 7) is 3.52. The Bertz CT molecular complexity index is 417. The van der Waals surface area contributed by atoms with Crippen LogP contribution < -0.4 is 5.32 Å². The van der Waals surface area contributed by atoms with Crippen molar-refractivity contribution >= 4 is 33.3 Å². The van der Waals surface area contributed by atoms with Gasteiger partial charge < -0.3 is 10.4 Å². The molecule has 1 aromatic rings. The van der Waals surface area contributed by atoms with Crippen LogP contribution in [0, 0.1) is 6.92 Å². The summed E-state index contributed by atoms with van der Waals surface area (Å²) >= 11 is 1.12. The number of nitrogens with zero attached hydrogens (tertiary/aromatic N) is 1. The van der Waals surface area contributed by atoms with Crippen LogP contribution in [0.2, 0.25) is 0 Å². The molecule has 90 valence electrons. The first-order valence-electron chi connectivity index (χ1n) is 4.68. The maximum absolute atomic E-state index is 11.0. The standard InChI is InChI=1S/C9H14N2O3S2/c1-5(4-16(3)14)10-8-7(9(12)13)6(2)11-15-8/h5,10H,4H2,1-3H3,(H,12,13). The summed E-state index contributed by atoms with van der Waals surface area (Å²) in [5.74, 6) is -0.505. The Kier molecular flexibility index (Phi) is 4.43. The third-order valence-corrected chi connectivity index (χ3v) is 3.78. The Balaban J connectivity index is 2.81. The molecule has 2 atom stereocenters. The number of aromatic nitrogens is 1. The lowest BCUT2D eigenvalue weighted by Crippen LogP contribution is -2.22. The molecule has 0 aliphatic heterocycles. The summed E-state index contributed by atoms with van der Waals surface area (Å²) in [5, 5.41) is 12.6. The quantitative estimate of drug-likeness (QED) is 0.837. The van der Waals surface area contributed by atoms with Gasteiger partial charge in [-0.05, 0) is 25.4 Å². The third-order valence-electron chi connectivity index (χ3n) is 1.94. The number of carbonyl (C=O) groups is 1. The van der Waals surface area contributed by atoms with E-state index in [9.17, 15) is 9.00 Å². The molecular formula is C9H14N2O3S2. The van der Waals surface area contributed by atoms with Gasteiger partial charge in [0.15, 0.2) is 0 Å². The van der Waals surface area contributed by atoms with Gasteiger partial charge in [0.2, 0.25) is 0 Å². The summed E-state index contributed by atoms with van der Waals surface area (Å²) in [5.41, 5.74) is 0.712. The Hall–Kier alpha value is -0.950. The summed E-state index contributed by atoms with van der Waals surface area (Å²) in [6.07, 6.45) is 1.62. The Labute approximate surface area is 101 Å². The Morgan fingerprint density at radius 3 is 2.81 bits per heavy atom. The van der Waals surface area contributed by atoms with Crippen LogP contribution >= 0.6 is 11.5 Å². The average molecular weight is 262 g/mol. The third kappa shape index (κ3) is 3.28. The minimum absolute atomic E-state index is 0.0382. The van der Waals surface area contributed by atoms with E-state index in [1.807, 2.05) is 6.92 Å². The van der Waals surface area contributed by atoms with Crippen LogP contribution in [0.5, 0.6) is 0 Å². The zero-order chi connectivity index (χ0) is 12.3. The molecule has 0 saturated heterocycles. The molecule has 5 nitrogen and oxygen atoms in total. The Morgan fingerprint density at radius 1 is 1.69 bits per heavy atom. The van der Waals surface area contributed by atoms with Gasteiger partial charge in [0, 0.05) is 28.9 Å². The molecule has 0 aromatic carbocycles. The molecule has 1 heterocycles. The number of aromatic carboxylic acids is 1. The first-order valence-corrected chi connectivity index (χ1v) is 7.18. The summed E-state index contributed by atoms with van der Waals surface area (Å²) < 4.78 is 15.0. The van der Waals surface area contributed by atoms with Gasteiger partial charge in [0.1, 0.15) is 10.6 Å². The van der Waals surface area contributed by atoms with E-state index in [1.165, 1.54) is 0 Å². The smallest absolute Gasteiger partial charge is 0.340 e. The van der Waals surface area contributed by atoms with Crippen LogP contribution in [0.1, 0.15) is 23.0 Å². The van der Waals surface area contributed by atoms with Crippen molar-refractivity contribution in [3.05, 3.63) is 11.3 Å². The highest BCUT2D eigenvalue weighted by molar-refractivity contribution is 7.84. The van der Waals surface area contributed by atoms with Crippen LogP contribution in [0.25, 0.3) is 0 Å². The maximum atomic E-state index is 11.0. The average Bonchev–Trinajstić information content (AvgIpc) is 2.45. The lowest BCUT2D eigenvalue weighted by Gasteiger charge is -2.12. The number of carboxylic acid groups (broad SMARTS) is 1. The van der Waals surface area contributed by atoms with Crippen molar-refractivity contribution in [3.8, 4) is 0 Å². The van der Waals surface area contributed by atoms with Gasteiger partial charge >= 0.3 is 5.97 Å². The molecule has 2 N–H and O–H groups in total. The lowest BCUT2D eigenvalue weighted by molar-refractivity contribution is 0.0697. The number of aryl methyl sites for hydroxylation is 1. The first-order chi connectivity index (χ1) is 7.41. The molecule has 0 aliphatic rings. The maximum Gasteiger partial charge on any atom is 0.340 e. The largest absolute Gasteiger partial charge is 0.478 e. The first kappa shape index (κ1) is 13.1. The highest BCUT2D eigenvalue weighted by atomic mass is 32.2. The minimum Gasteiger partial charge on any atom is -0.478 e. The van der Waals surface area contributed by atoms with Gasteiger partial charge in [-0.15, -0.1) is 0 Å². The van der Waals surface area contributed by atoms with Crippen molar-refractivity contribution in [2.45, 2.75) is 19.9 Å². The fourth-order valence-corrected chi connectivity index (χ4v) is 3.02. The normalized spacial score (nSPS) is 14.4. The molecule has 1 rings (SSSR count). The topological polar surface area (TPSA) is 79.3 Å². The monoisotopic (exact) mass is 262 g/mol. The fourth-order valence-electron chi connectivity index (χ4n) is 1.34. The number of carboxylic acids is 1. The van der Waals surface area contributed by atoms with Crippen LogP contribution in [-0.2, 0) is 10.8 Å². The number of hydrogen-bond acceptors (Lipinski definition) is 5. The van der Waals surface area contributed by atoms with E-state index in [0.29, 0.717) is 16.4 Å². The van der Waals surface area contributed by atoms with E-state index in [0.717, 1.165) is 11.5 Å². The molecule has 0 aliphatic carbocycles. The van der Waals surface area contributed by atoms with E-state index in [-0.39, 0.29) is 11.6 Å². The van der Waals surface area contributed by atoms with Gasteiger partial charge in [0.05, 0.1) is 5.69 Å². The van der Waals surface area contributed by atoms with E-state index in [2.05, 4.69) is 9.69 Å². The Morgan fingerprint density at radius 2 is 2.31 bits per heavy atom. The van der Waals surface area contributed by atoms with Crippen molar-refractivity contribution in [2.24, 2.45) is 0 Å². The zero-order valence-corrected chi connectivity index (χ0v) is 10.9. The highest BCUT2D eigenvalue weighted by Crippen LogP contribution is 2.25. The molecule has 0 amide bonds. The van der Waals surface area contributed by atoms with Crippen LogP contribution in [0.3, 0.4) is 0 Å². The van der Waals surface area contributed by atoms with E-state index in [1.54, 1.807) is 13.2 Å². The van der Waals surface area contributed by atoms with Gasteiger partial charge in [-0.2, -0.15) is 4.37 Å². The zero-order valence-electron chi connectivity index (χ0n) is 9.31. The number of anilines is 1. The second kappa shape index (κ2) is 5.40. The second-order valence-corrected chi connectivity index (χ2v) is 5.82. The predicted molar refractivity (Wildman–Crippen MR) is 65.8 cm³/mol. The molecule has 7 heteroatoms. The SMILES string of the molecule is Cc1nsc(NC(C)CS(C)=O)c1C(=O)O. The van der Waals surface area contributed by atoms with Gasteiger partial charge in [0.25, 0.3) is 0 Å². The van der Waals surface area contributed by atoms with Crippen molar-refractivity contribution in [1.82, 2.24) is 4.37 Å². The van der Waals surface area contributed by atoms with E-state index in [4.69, 9.17) is 5.11 Å². The predicted octanol–water partition coefficient (Wildman–Crippen LogP) is 1.33.